The molecule has 7 nitrogen and oxygen atoms in total. The van der Waals surface area contributed by atoms with Gasteiger partial charge >= 0.3 is 0 Å². The van der Waals surface area contributed by atoms with E-state index in [0.717, 1.165) is 42.8 Å². The molecule has 1 fully saturated rings. The average Bonchev–Trinajstić information content (AvgIpc) is 3.25. The van der Waals surface area contributed by atoms with E-state index >= 15 is 0 Å². The monoisotopic (exact) mass is 336 g/mol. The number of anilines is 1. The fourth-order valence-corrected chi connectivity index (χ4v) is 3.60. The van der Waals surface area contributed by atoms with Crippen molar-refractivity contribution in [1.29, 1.82) is 0 Å². The van der Waals surface area contributed by atoms with Gasteiger partial charge in [-0.25, -0.2) is 9.97 Å². The number of benzene rings is 1. The number of nitrogens with two attached hydrogens (primary N) is 1. The van der Waals surface area contributed by atoms with Crippen molar-refractivity contribution in [3.8, 4) is 0 Å². The maximum Gasteiger partial charge on any atom is 0.268 e. The van der Waals surface area contributed by atoms with Gasteiger partial charge in [0.15, 0.2) is 0 Å². The van der Waals surface area contributed by atoms with Crippen LogP contribution in [0.4, 0.5) is 5.82 Å². The second-order valence-corrected chi connectivity index (χ2v) is 6.18. The normalized spacial score (nSPS) is 17.3. The average molecular weight is 336 g/mol. The Bertz CT molecular complexity index is 934. The zero-order chi connectivity index (χ0) is 17.4. The highest BCUT2D eigenvalue weighted by atomic mass is 16.1. The Morgan fingerprint density at radius 2 is 2.12 bits per heavy atom. The molecule has 4 rings (SSSR count). The van der Waals surface area contributed by atoms with Crippen LogP contribution < -0.4 is 10.6 Å². The number of carbonyl (C=O) groups excluding carboxylic acids is 1. The van der Waals surface area contributed by atoms with E-state index in [1.807, 2.05) is 18.2 Å². The first-order valence-corrected chi connectivity index (χ1v) is 8.52. The van der Waals surface area contributed by atoms with Crippen LogP contribution in [0.1, 0.15) is 42.1 Å². The van der Waals surface area contributed by atoms with E-state index in [-0.39, 0.29) is 11.7 Å². The lowest BCUT2D eigenvalue weighted by Crippen LogP contribution is -2.27. The van der Waals surface area contributed by atoms with Gasteiger partial charge in [0, 0.05) is 13.1 Å². The number of para-hydroxylation sites is 2. The van der Waals surface area contributed by atoms with Gasteiger partial charge in [0.25, 0.3) is 5.91 Å². The van der Waals surface area contributed by atoms with Gasteiger partial charge in [-0.2, -0.15) is 0 Å². The molecule has 1 atom stereocenters. The molecular weight excluding hydrogens is 316 g/mol. The molecule has 3 aromatic rings. The molecule has 1 aliphatic rings. The van der Waals surface area contributed by atoms with Crippen LogP contribution in [0.2, 0.25) is 0 Å². The lowest BCUT2D eigenvalue weighted by Gasteiger charge is -2.25. The van der Waals surface area contributed by atoms with Crippen molar-refractivity contribution in [2.45, 2.75) is 32.4 Å². The van der Waals surface area contributed by atoms with Crippen LogP contribution in [0.25, 0.3) is 11.0 Å². The Labute approximate surface area is 145 Å². The lowest BCUT2D eigenvalue weighted by molar-refractivity contribution is 0.0995. The number of imidazole rings is 1. The number of rotatable bonds is 4. The highest BCUT2D eigenvalue weighted by Gasteiger charge is 2.31. The summed E-state index contributed by atoms with van der Waals surface area (Å²) in [6.45, 7) is 3.84. The van der Waals surface area contributed by atoms with Gasteiger partial charge in [0.1, 0.15) is 17.3 Å². The Morgan fingerprint density at radius 1 is 1.28 bits per heavy atom. The second kappa shape index (κ2) is 6.16. The molecule has 7 heteroatoms. The number of aromatic nitrogens is 4. The van der Waals surface area contributed by atoms with E-state index in [4.69, 9.17) is 10.7 Å². The minimum Gasteiger partial charge on any atom is -0.364 e. The smallest absolute Gasteiger partial charge is 0.268 e. The number of amides is 1. The Balaban J connectivity index is 1.78. The van der Waals surface area contributed by atoms with E-state index in [1.54, 1.807) is 6.20 Å². The fraction of sp³-hybridized carbons (Fsp3) is 0.333. The molecule has 0 aliphatic carbocycles. The summed E-state index contributed by atoms with van der Waals surface area (Å²) in [5, 5.41) is 0. The predicted molar refractivity (Wildman–Crippen MR) is 95.3 cm³/mol. The molecular formula is C18H20N6O. The van der Waals surface area contributed by atoms with E-state index < -0.39 is 5.91 Å². The number of hydrogen-bond acceptors (Lipinski definition) is 5. The standard InChI is InChI=1S/C18H20N6O/c1-2-23-14-7-4-3-6-12(14)22-18(23)15-8-5-9-24(15)16-11-20-10-13(21-16)17(19)25/h3-4,6-7,10-11,15H,2,5,8-9H2,1H3,(H2,19,25). The molecule has 0 radical (unpaired) electrons. The number of primary amides is 1. The third-order valence-corrected chi connectivity index (χ3v) is 4.72. The van der Waals surface area contributed by atoms with Crippen LogP contribution in [-0.4, -0.2) is 32.0 Å². The number of hydrogen-bond donors (Lipinski definition) is 1. The Kier molecular flexibility index (Phi) is 3.83. The van der Waals surface area contributed by atoms with Crippen LogP contribution >= 0.6 is 0 Å². The minimum atomic E-state index is -0.564. The van der Waals surface area contributed by atoms with Crippen LogP contribution in [0, 0.1) is 0 Å². The minimum absolute atomic E-state index is 0.116. The number of nitrogens with zero attached hydrogens (tertiary/aromatic N) is 5. The van der Waals surface area contributed by atoms with Gasteiger partial charge in [0.05, 0.1) is 29.5 Å². The molecule has 1 unspecified atom stereocenters. The highest BCUT2D eigenvalue weighted by molar-refractivity contribution is 5.90. The summed E-state index contributed by atoms with van der Waals surface area (Å²) in [5.74, 6) is 1.15. The molecule has 0 bridgehead atoms. The first kappa shape index (κ1) is 15.6. The summed E-state index contributed by atoms with van der Waals surface area (Å²) >= 11 is 0. The van der Waals surface area contributed by atoms with Crippen molar-refractivity contribution in [2.24, 2.45) is 5.73 Å². The maximum atomic E-state index is 11.4. The van der Waals surface area contributed by atoms with E-state index in [2.05, 4.69) is 32.4 Å². The lowest BCUT2D eigenvalue weighted by atomic mass is 10.2. The van der Waals surface area contributed by atoms with E-state index in [1.165, 1.54) is 6.20 Å². The molecule has 128 valence electrons. The second-order valence-electron chi connectivity index (χ2n) is 6.18. The maximum absolute atomic E-state index is 11.4. The van der Waals surface area contributed by atoms with Gasteiger partial charge in [-0.05, 0) is 31.9 Å². The van der Waals surface area contributed by atoms with Gasteiger partial charge in [0.2, 0.25) is 0 Å². The Morgan fingerprint density at radius 3 is 2.92 bits per heavy atom. The summed E-state index contributed by atoms with van der Waals surface area (Å²) in [6, 6.07) is 8.30. The summed E-state index contributed by atoms with van der Waals surface area (Å²) in [5.41, 5.74) is 7.68. The number of fused-ring (bicyclic) bond motifs is 1. The first-order chi connectivity index (χ1) is 12.2. The molecule has 1 aromatic carbocycles. The van der Waals surface area contributed by atoms with Gasteiger partial charge in [-0.3, -0.25) is 9.78 Å². The third kappa shape index (κ3) is 2.61. The van der Waals surface area contributed by atoms with Gasteiger partial charge < -0.3 is 15.2 Å². The van der Waals surface area contributed by atoms with E-state index in [9.17, 15) is 4.79 Å². The molecule has 2 aromatic heterocycles. The molecule has 1 saturated heterocycles. The van der Waals surface area contributed by atoms with Crippen molar-refractivity contribution in [2.75, 3.05) is 11.4 Å². The first-order valence-electron chi connectivity index (χ1n) is 8.52. The predicted octanol–water partition coefficient (Wildman–Crippen LogP) is 2.29. The van der Waals surface area contributed by atoms with Gasteiger partial charge in [-0.15, -0.1) is 0 Å². The third-order valence-electron chi connectivity index (χ3n) is 4.72. The quantitative estimate of drug-likeness (QED) is 0.789. The highest BCUT2D eigenvalue weighted by Crippen LogP contribution is 2.36. The SMILES string of the molecule is CCn1c(C2CCCN2c2cncc(C(N)=O)n2)nc2ccccc21. The molecule has 25 heavy (non-hydrogen) atoms. The number of carbonyl (C=O) groups is 1. The van der Waals surface area contributed by atoms with Crippen molar-refractivity contribution in [1.82, 2.24) is 19.5 Å². The zero-order valence-corrected chi connectivity index (χ0v) is 14.1. The molecule has 3 heterocycles. The van der Waals surface area contributed by atoms with Crippen LogP contribution in [-0.2, 0) is 6.54 Å². The van der Waals surface area contributed by atoms with Crippen LogP contribution in [0.5, 0.6) is 0 Å². The summed E-state index contributed by atoms with van der Waals surface area (Å²) < 4.78 is 2.25. The fourth-order valence-electron chi connectivity index (χ4n) is 3.60. The summed E-state index contributed by atoms with van der Waals surface area (Å²) in [6.07, 6.45) is 5.12. The van der Waals surface area contributed by atoms with Crippen molar-refractivity contribution >= 4 is 22.8 Å². The van der Waals surface area contributed by atoms with Gasteiger partial charge in [-0.1, -0.05) is 12.1 Å². The number of aryl methyl sites for hydroxylation is 1. The summed E-state index contributed by atoms with van der Waals surface area (Å²) in [7, 11) is 0. The molecule has 1 amide bonds. The zero-order valence-electron chi connectivity index (χ0n) is 14.1. The van der Waals surface area contributed by atoms with Crippen molar-refractivity contribution < 1.29 is 4.79 Å². The van der Waals surface area contributed by atoms with Crippen LogP contribution in [0.15, 0.2) is 36.7 Å². The topological polar surface area (TPSA) is 89.9 Å². The largest absolute Gasteiger partial charge is 0.364 e. The summed E-state index contributed by atoms with van der Waals surface area (Å²) in [4.78, 5) is 27.0. The van der Waals surface area contributed by atoms with Crippen LogP contribution in [0.3, 0.4) is 0 Å². The molecule has 0 spiro atoms. The molecule has 0 saturated carbocycles. The molecule has 1 aliphatic heterocycles. The van der Waals surface area contributed by atoms with Crippen molar-refractivity contribution in [3.05, 3.63) is 48.2 Å². The molecule has 2 N–H and O–H groups in total. The Hall–Kier alpha value is -2.96. The van der Waals surface area contributed by atoms with E-state index in [0.29, 0.717) is 5.82 Å². The van der Waals surface area contributed by atoms with Crippen molar-refractivity contribution in [3.63, 3.8) is 0 Å².